The topological polar surface area (TPSA) is 69.6 Å². The first-order valence-corrected chi connectivity index (χ1v) is 9.99. The van der Waals surface area contributed by atoms with E-state index in [0.29, 0.717) is 5.91 Å². The fourth-order valence-electron chi connectivity index (χ4n) is 5.05. The Morgan fingerprint density at radius 3 is 2.77 bits per heavy atom. The standard InChI is InChI=1S/C20H30N4O2/c1-23(2)19-21-12-15-8-10-20(17(15)22-19)9-3-11-24(13-20)18(26)14-4-6-16(25)7-5-14/h12,14,16,25H,3-11,13H2,1-2H3. The second-order valence-corrected chi connectivity index (χ2v) is 8.59. The van der Waals surface area contributed by atoms with Crippen LogP contribution in [-0.2, 0) is 16.6 Å². The number of rotatable bonds is 2. The maximum atomic E-state index is 13.1. The lowest BCUT2D eigenvalue weighted by atomic mass is 9.76. The van der Waals surface area contributed by atoms with E-state index in [1.165, 1.54) is 11.3 Å². The van der Waals surface area contributed by atoms with E-state index in [1.807, 2.05) is 25.2 Å². The number of likely N-dealkylation sites (tertiary alicyclic amines) is 1. The van der Waals surface area contributed by atoms with Gasteiger partial charge >= 0.3 is 0 Å². The van der Waals surface area contributed by atoms with Crippen LogP contribution in [0.2, 0.25) is 0 Å². The number of piperidine rings is 1. The van der Waals surface area contributed by atoms with Gasteiger partial charge in [-0.3, -0.25) is 4.79 Å². The minimum Gasteiger partial charge on any atom is -0.393 e. The summed E-state index contributed by atoms with van der Waals surface area (Å²) >= 11 is 0. The Morgan fingerprint density at radius 1 is 1.27 bits per heavy atom. The van der Waals surface area contributed by atoms with Crippen molar-refractivity contribution in [3.05, 3.63) is 17.5 Å². The molecule has 0 bridgehead atoms. The minimum atomic E-state index is -0.213. The number of aliphatic hydroxyl groups excluding tert-OH is 1. The van der Waals surface area contributed by atoms with Gasteiger partial charge in [0.1, 0.15) is 0 Å². The molecule has 1 aliphatic heterocycles. The first-order valence-electron chi connectivity index (χ1n) is 9.99. The summed E-state index contributed by atoms with van der Waals surface area (Å²) in [7, 11) is 3.94. The third kappa shape index (κ3) is 3.08. The normalized spacial score (nSPS) is 31.1. The highest BCUT2D eigenvalue weighted by Crippen LogP contribution is 2.44. The number of aliphatic hydroxyl groups is 1. The van der Waals surface area contributed by atoms with Crippen molar-refractivity contribution < 1.29 is 9.90 Å². The van der Waals surface area contributed by atoms with Crippen molar-refractivity contribution >= 4 is 11.9 Å². The number of hydrogen-bond acceptors (Lipinski definition) is 5. The molecular weight excluding hydrogens is 328 g/mol. The first kappa shape index (κ1) is 17.7. The fourth-order valence-corrected chi connectivity index (χ4v) is 5.05. The molecule has 2 fully saturated rings. The van der Waals surface area contributed by atoms with Crippen LogP contribution in [0, 0.1) is 5.92 Å². The SMILES string of the molecule is CN(C)c1ncc2c(n1)C1(CCCN(C(=O)C3CCC(O)CC3)C1)CC2. The predicted molar refractivity (Wildman–Crippen MR) is 100 cm³/mol. The van der Waals surface area contributed by atoms with Crippen molar-refractivity contribution in [3.63, 3.8) is 0 Å². The van der Waals surface area contributed by atoms with Crippen LogP contribution >= 0.6 is 0 Å². The highest BCUT2D eigenvalue weighted by Gasteiger charge is 2.45. The van der Waals surface area contributed by atoms with E-state index in [4.69, 9.17) is 4.98 Å². The number of aryl methyl sites for hydroxylation is 1. The van der Waals surface area contributed by atoms with Crippen LogP contribution < -0.4 is 4.90 Å². The average Bonchev–Trinajstić information content (AvgIpc) is 2.99. The molecule has 1 aromatic heterocycles. The van der Waals surface area contributed by atoms with Gasteiger partial charge in [-0.1, -0.05) is 0 Å². The lowest BCUT2D eigenvalue weighted by molar-refractivity contribution is -0.139. The van der Waals surface area contributed by atoms with Gasteiger partial charge in [-0.25, -0.2) is 9.97 Å². The van der Waals surface area contributed by atoms with Crippen molar-refractivity contribution in [2.45, 2.75) is 62.9 Å². The summed E-state index contributed by atoms with van der Waals surface area (Å²) in [5, 5.41) is 9.72. The van der Waals surface area contributed by atoms with Crippen LogP contribution in [0.15, 0.2) is 6.20 Å². The summed E-state index contributed by atoms with van der Waals surface area (Å²) in [5.41, 5.74) is 2.43. The number of nitrogens with zero attached hydrogens (tertiary/aromatic N) is 4. The molecule has 1 N–H and O–H groups in total. The Labute approximate surface area is 155 Å². The second-order valence-electron chi connectivity index (χ2n) is 8.59. The van der Waals surface area contributed by atoms with Crippen molar-refractivity contribution in [1.29, 1.82) is 0 Å². The van der Waals surface area contributed by atoms with Crippen LogP contribution in [0.3, 0.4) is 0 Å². The molecule has 2 heterocycles. The zero-order chi connectivity index (χ0) is 18.3. The van der Waals surface area contributed by atoms with E-state index in [9.17, 15) is 9.90 Å². The number of anilines is 1. The molecule has 1 atom stereocenters. The molecule has 1 amide bonds. The second kappa shape index (κ2) is 6.80. The molecule has 1 unspecified atom stereocenters. The van der Waals surface area contributed by atoms with Gasteiger partial charge < -0.3 is 14.9 Å². The maximum absolute atomic E-state index is 13.1. The zero-order valence-corrected chi connectivity index (χ0v) is 15.9. The van der Waals surface area contributed by atoms with Crippen LogP contribution in [0.5, 0.6) is 0 Å². The van der Waals surface area contributed by atoms with Crippen LogP contribution in [0.4, 0.5) is 5.95 Å². The molecule has 1 saturated heterocycles. The number of carbonyl (C=O) groups excluding carboxylic acids is 1. The molecular formula is C20H30N4O2. The smallest absolute Gasteiger partial charge is 0.225 e. The molecule has 142 valence electrons. The predicted octanol–water partition coefficient (Wildman–Crippen LogP) is 1.90. The molecule has 2 aliphatic carbocycles. The summed E-state index contributed by atoms with van der Waals surface area (Å²) in [6, 6.07) is 0. The maximum Gasteiger partial charge on any atom is 0.225 e. The Hall–Kier alpha value is -1.69. The van der Waals surface area contributed by atoms with Gasteiger partial charge in [-0.2, -0.15) is 0 Å². The Bertz CT molecular complexity index is 680. The summed E-state index contributed by atoms with van der Waals surface area (Å²) in [4.78, 5) is 26.5. The summed E-state index contributed by atoms with van der Waals surface area (Å²) in [6.07, 6.45) is 9.18. The number of amides is 1. The third-order valence-electron chi connectivity index (χ3n) is 6.56. The number of aromatic nitrogens is 2. The van der Waals surface area contributed by atoms with E-state index in [1.54, 1.807) is 0 Å². The van der Waals surface area contributed by atoms with Crippen molar-refractivity contribution in [2.75, 3.05) is 32.1 Å². The van der Waals surface area contributed by atoms with Gasteiger partial charge in [0.05, 0.1) is 11.8 Å². The van der Waals surface area contributed by atoms with Crippen LogP contribution in [0.1, 0.15) is 56.2 Å². The van der Waals surface area contributed by atoms with Gasteiger partial charge in [0, 0.05) is 44.7 Å². The Morgan fingerprint density at radius 2 is 2.04 bits per heavy atom. The largest absolute Gasteiger partial charge is 0.393 e. The Balaban J connectivity index is 1.54. The molecule has 6 heteroatoms. The van der Waals surface area contributed by atoms with E-state index in [0.717, 1.165) is 70.4 Å². The third-order valence-corrected chi connectivity index (χ3v) is 6.56. The zero-order valence-electron chi connectivity index (χ0n) is 15.9. The van der Waals surface area contributed by atoms with Crippen molar-refractivity contribution in [1.82, 2.24) is 14.9 Å². The van der Waals surface area contributed by atoms with Crippen molar-refractivity contribution in [3.8, 4) is 0 Å². The molecule has 0 aromatic carbocycles. The highest BCUT2D eigenvalue weighted by atomic mass is 16.3. The molecule has 1 saturated carbocycles. The van der Waals surface area contributed by atoms with Gasteiger partial charge in [-0.15, -0.1) is 0 Å². The molecule has 6 nitrogen and oxygen atoms in total. The monoisotopic (exact) mass is 358 g/mol. The van der Waals surface area contributed by atoms with E-state index >= 15 is 0 Å². The molecule has 26 heavy (non-hydrogen) atoms. The lowest BCUT2D eigenvalue weighted by Crippen LogP contribution is -2.50. The van der Waals surface area contributed by atoms with E-state index in [2.05, 4.69) is 9.88 Å². The van der Waals surface area contributed by atoms with E-state index < -0.39 is 0 Å². The number of carbonyl (C=O) groups is 1. The average molecular weight is 358 g/mol. The molecule has 1 aromatic rings. The van der Waals surface area contributed by atoms with Crippen LogP contribution in [-0.4, -0.2) is 59.2 Å². The first-order chi connectivity index (χ1) is 12.5. The van der Waals surface area contributed by atoms with Crippen LogP contribution in [0.25, 0.3) is 0 Å². The molecule has 0 radical (unpaired) electrons. The highest BCUT2D eigenvalue weighted by molar-refractivity contribution is 5.79. The summed E-state index contributed by atoms with van der Waals surface area (Å²) < 4.78 is 0. The molecule has 4 rings (SSSR count). The quantitative estimate of drug-likeness (QED) is 0.874. The fraction of sp³-hybridized carbons (Fsp3) is 0.750. The van der Waals surface area contributed by atoms with Gasteiger partial charge in [0.15, 0.2) is 0 Å². The minimum absolute atomic E-state index is 0.00508. The number of hydrogen-bond donors (Lipinski definition) is 1. The van der Waals surface area contributed by atoms with Gasteiger partial charge in [0.2, 0.25) is 11.9 Å². The summed E-state index contributed by atoms with van der Waals surface area (Å²) in [6.45, 7) is 1.66. The van der Waals surface area contributed by atoms with E-state index in [-0.39, 0.29) is 17.4 Å². The lowest BCUT2D eigenvalue weighted by Gasteiger charge is -2.42. The van der Waals surface area contributed by atoms with Gasteiger partial charge in [0.25, 0.3) is 0 Å². The molecule has 3 aliphatic rings. The van der Waals surface area contributed by atoms with Gasteiger partial charge in [-0.05, 0) is 56.9 Å². The molecule has 1 spiro atoms. The van der Waals surface area contributed by atoms with Crippen molar-refractivity contribution in [2.24, 2.45) is 5.92 Å². The number of fused-ring (bicyclic) bond motifs is 2. The Kier molecular flexibility index (Phi) is 4.63. The summed E-state index contributed by atoms with van der Waals surface area (Å²) in [5.74, 6) is 1.15.